The quantitative estimate of drug-likeness (QED) is 0.539. The molecule has 0 unspecified atom stereocenters. The Kier molecular flexibility index (Phi) is 2.76. The molecule has 94 valence electrons. The van der Waals surface area contributed by atoms with E-state index in [1.54, 1.807) is 16.6 Å². The average molecular weight is 273 g/mol. The second-order valence-corrected chi connectivity index (χ2v) is 4.67. The van der Waals surface area contributed by atoms with Crippen molar-refractivity contribution in [2.45, 2.75) is 0 Å². The maximum absolute atomic E-state index is 10.5. The van der Waals surface area contributed by atoms with Gasteiger partial charge in [-0.2, -0.15) is 9.61 Å². The molecule has 0 radical (unpaired) electrons. The number of benzene rings is 1. The molecule has 0 spiro atoms. The van der Waals surface area contributed by atoms with E-state index in [0.29, 0.717) is 0 Å². The van der Waals surface area contributed by atoms with Gasteiger partial charge < -0.3 is 0 Å². The number of aromatic nitrogens is 4. The number of hydrogen-bond acceptors (Lipinski definition) is 6. The standard InChI is InChI=1S/C11H7N5O2S/c17-16(18)9-4-1-8(2-5-9)3-6-10-14-15-7-12-13-11(15)19-10/h1-7H. The fourth-order valence-electron chi connectivity index (χ4n) is 1.52. The lowest BCUT2D eigenvalue weighted by atomic mass is 10.2. The zero-order chi connectivity index (χ0) is 13.2. The summed E-state index contributed by atoms with van der Waals surface area (Å²) in [6, 6.07) is 6.32. The Hall–Kier alpha value is -2.61. The summed E-state index contributed by atoms with van der Waals surface area (Å²) in [6.07, 6.45) is 5.21. The number of nitrogens with zero attached hydrogens (tertiary/aromatic N) is 5. The van der Waals surface area contributed by atoms with Crippen LogP contribution in [0.3, 0.4) is 0 Å². The molecule has 0 aliphatic rings. The number of rotatable bonds is 3. The van der Waals surface area contributed by atoms with Crippen LogP contribution in [0.1, 0.15) is 10.6 Å². The van der Waals surface area contributed by atoms with Gasteiger partial charge in [0.15, 0.2) is 0 Å². The average Bonchev–Trinajstić information content (AvgIpc) is 2.97. The largest absolute Gasteiger partial charge is 0.269 e. The molecule has 3 aromatic rings. The van der Waals surface area contributed by atoms with Crippen LogP contribution in [-0.2, 0) is 0 Å². The molecule has 0 atom stereocenters. The topological polar surface area (TPSA) is 86.2 Å². The molecule has 3 rings (SSSR count). The number of non-ortho nitro benzene ring substituents is 1. The van der Waals surface area contributed by atoms with Crippen molar-refractivity contribution in [1.29, 1.82) is 0 Å². The van der Waals surface area contributed by atoms with Gasteiger partial charge in [0.2, 0.25) is 4.96 Å². The van der Waals surface area contributed by atoms with E-state index in [2.05, 4.69) is 15.3 Å². The van der Waals surface area contributed by atoms with Gasteiger partial charge >= 0.3 is 0 Å². The number of hydrogen-bond donors (Lipinski definition) is 0. The molecule has 0 saturated carbocycles. The molecule has 0 aliphatic carbocycles. The molecule has 2 aromatic heterocycles. The van der Waals surface area contributed by atoms with E-state index in [1.165, 1.54) is 29.8 Å². The van der Waals surface area contributed by atoms with Crippen molar-refractivity contribution in [3.8, 4) is 0 Å². The van der Waals surface area contributed by atoms with Crippen LogP contribution in [0.4, 0.5) is 5.69 Å². The van der Waals surface area contributed by atoms with Crippen LogP contribution in [0.15, 0.2) is 30.6 Å². The van der Waals surface area contributed by atoms with Crippen molar-refractivity contribution < 1.29 is 4.92 Å². The fourth-order valence-corrected chi connectivity index (χ4v) is 2.24. The summed E-state index contributed by atoms with van der Waals surface area (Å²) < 4.78 is 1.60. The van der Waals surface area contributed by atoms with Gasteiger partial charge in [0.05, 0.1) is 4.92 Å². The summed E-state index contributed by atoms with van der Waals surface area (Å²) in [5.41, 5.74) is 0.951. The molecule has 0 amide bonds. The minimum atomic E-state index is -0.420. The van der Waals surface area contributed by atoms with E-state index in [0.717, 1.165) is 15.5 Å². The van der Waals surface area contributed by atoms with E-state index in [4.69, 9.17) is 0 Å². The first-order chi connectivity index (χ1) is 9.22. The van der Waals surface area contributed by atoms with Gasteiger partial charge in [-0.05, 0) is 23.8 Å². The van der Waals surface area contributed by atoms with Crippen molar-refractivity contribution in [2.75, 3.05) is 0 Å². The second-order valence-electron chi connectivity index (χ2n) is 3.68. The van der Waals surface area contributed by atoms with Crippen molar-refractivity contribution in [1.82, 2.24) is 19.8 Å². The maximum Gasteiger partial charge on any atom is 0.269 e. The Morgan fingerprint density at radius 3 is 2.74 bits per heavy atom. The van der Waals surface area contributed by atoms with Crippen molar-refractivity contribution >= 4 is 34.1 Å². The van der Waals surface area contributed by atoms with E-state index in [-0.39, 0.29) is 5.69 Å². The van der Waals surface area contributed by atoms with Gasteiger partial charge in [0, 0.05) is 12.1 Å². The van der Waals surface area contributed by atoms with Gasteiger partial charge in [0.25, 0.3) is 5.69 Å². The van der Waals surface area contributed by atoms with Crippen molar-refractivity contribution in [2.24, 2.45) is 0 Å². The zero-order valence-electron chi connectivity index (χ0n) is 9.50. The number of nitro benzene ring substituents is 1. The molecule has 2 heterocycles. The first-order valence-electron chi connectivity index (χ1n) is 5.32. The third kappa shape index (κ3) is 2.33. The summed E-state index contributed by atoms with van der Waals surface area (Å²) >= 11 is 1.41. The van der Waals surface area contributed by atoms with Crippen LogP contribution >= 0.6 is 11.3 Å². The van der Waals surface area contributed by atoms with E-state index in [9.17, 15) is 10.1 Å². The van der Waals surface area contributed by atoms with Gasteiger partial charge in [-0.1, -0.05) is 17.4 Å². The molecule has 7 nitrogen and oxygen atoms in total. The van der Waals surface area contributed by atoms with Crippen molar-refractivity contribution in [3.05, 3.63) is 51.3 Å². The zero-order valence-corrected chi connectivity index (χ0v) is 10.3. The number of fused-ring (bicyclic) bond motifs is 1. The Bertz CT molecular complexity index is 730. The maximum atomic E-state index is 10.5. The van der Waals surface area contributed by atoms with E-state index < -0.39 is 4.92 Å². The monoisotopic (exact) mass is 273 g/mol. The third-order valence-corrected chi connectivity index (χ3v) is 3.30. The lowest BCUT2D eigenvalue weighted by Crippen LogP contribution is -1.86. The van der Waals surface area contributed by atoms with Crippen LogP contribution < -0.4 is 0 Å². The highest BCUT2D eigenvalue weighted by molar-refractivity contribution is 7.17. The fraction of sp³-hybridized carbons (Fsp3) is 0. The summed E-state index contributed by atoms with van der Waals surface area (Å²) in [5.74, 6) is 0. The molecule has 19 heavy (non-hydrogen) atoms. The van der Waals surface area contributed by atoms with E-state index >= 15 is 0 Å². The summed E-state index contributed by atoms with van der Waals surface area (Å²) in [4.78, 5) is 10.8. The second kappa shape index (κ2) is 4.58. The molecular formula is C11H7N5O2S. The lowest BCUT2D eigenvalue weighted by molar-refractivity contribution is -0.384. The van der Waals surface area contributed by atoms with Gasteiger partial charge in [-0.3, -0.25) is 10.1 Å². The van der Waals surface area contributed by atoms with Gasteiger partial charge in [0.1, 0.15) is 11.3 Å². The predicted octanol–water partition coefficient (Wildman–Crippen LogP) is 2.26. The molecular weight excluding hydrogens is 266 g/mol. The molecule has 0 saturated heterocycles. The summed E-state index contributed by atoms with van der Waals surface area (Å²) in [7, 11) is 0. The normalized spacial score (nSPS) is 11.4. The highest BCUT2D eigenvalue weighted by Gasteiger charge is 2.03. The summed E-state index contributed by atoms with van der Waals surface area (Å²) in [5, 5.41) is 23.2. The first-order valence-corrected chi connectivity index (χ1v) is 6.13. The Morgan fingerprint density at radius 2 is 2.05 bits per heavy atom. The molecule has 0 bridgehead atoms. The number of nitro groups is 1. The van der Waals surface area contributed by atoms with Crippen LogP contribution in [0.2, 0.25) is 0 Å². The SMILES string of the molecule is O=[N+]([O-])c1ccc(C=Cc2nn3cnnc3s2)cc1. The van der Waals surface area contributed by atoms with Crippen molar-refractivity contribution in [3.63, 3.8) is 0 Å². The highest BCUT2D eigenvalue weighted by Crippen LogP contribution is 2.17. The third-order valence-electron chi connectivity index (χ3n) is 2.42. The van der Waals surface area contributed by atoms with E-state index in [1.807, 2.05) is 12.2 Å². The molecule has 8 heteroatoms. The Morgan fingerprint density at radius 1 is 1.26 bits per heavy atom. The summed E-state index contributed by atoms with van der Waals surface area (Å²) in [6.45, 7) is 0. The molecule has 1 aromatic carbocycles. The van der Waals surface area contributed by atoms with Crippen LogP contribution in [0.5, 0.6) is 0 Å². The minimum absolute atomic E-state index is 0.0796. The Balaban J connectivity index is 1.82. The minimum Gasteiger partial charge on any atom is -0.258 e. The smallest absolute Gasteiger partial charge is 0.258 e. The molecule has 0 N–H and O–H groups in total. The highest BCUT2D eigenvalue weighted by atomic mass is 32.1. The van der Waals surface area contributed by atoms with Crippen LogP contribution in [0.25, 0.3) is 17.1 Å². The molecule has 0 fully saturated rings. The first kappa shape index (κ1) is 11.5. The predicted molar refractivity (Wildman–Crippen MR) is 70.7 cm³/mol. The molecule has 0 aliphatic heterocycles. The lowest BCUT2D eigenvalue weighted by Gasteiger charge is -1.92. The van der Waals surface area contributed by atoms with Gasteiger partial charge in [-0.15, -0.1) is 10.2 Å². The van der Waals surface area contributed by atoms with Gasteiger partial charge in [-0.25, -0.2) is 0 Å². The Labute approximate surface area is 111 Å². The van der Waals surface area contributed by atoms with Crippen LogP contribution in [-0.4, -0.2) is 24.7 Å². The van der Waals surface area contributed by atoms with Crippen LogP contribution in [0, 0.1) is 10.1 Å².